The predicted molar refractivity (Wildman–Crippen MR) is 88.1 cm³/mol. The number of hydrazone groups is 1. The minimum absolute atomic E-state index is 0.0203. The predicted octanol–water partition coefficient (Wildman–Crippen LogP) is 3.84. The molecule has 0 saturated heterocycles. The van der Waals surface area contributed by atoms with Gasteiger partial charge in [0.15, 0.2) is 0 Å². The highest BCUT2D eigenvalue weighted by molar-refractivity contribution is 6.09. The number of aromatic hydroxyl groups is 1. The molecule has 4 nitrogen and oxygen atoms in total. The molecule has 0 bridgehead atoms. The normalized spacial score (nSPS) is 20.2. The lowest BCUT2D eigenvalue weighted by Crippen LogP contribution is -2.24. The number of amides is 1. The highest BCUT2D eigenvalue weighted by atomic mass is 16.3. The molecule has 0 spiro atoms. The van der Waals surface area contributed by atoms with Gasteiger partial charge in [0.1, 0.15) is 5.75 Å². The van der Waals surface area contributed by atoms with Crippen molar-refractivity contribution in [1.82, 2.24) is 5.43 Å². The van der Waals surface area contributed by atoms with E-state index in [1.807, 2.05) is 24.3 Å². The Morgan fingerprint density at radius 2 is 2.05 bits per heavy atom. The second kappa shape index (κ2) is 6.18. The molecule has 1 aliphatic carbocycles. The molecule has 2 aromatic carbocycles. The molecule has 3 rings (SSSR count). The Kier molecular flexibility index (Phi) is 4.09. The van der Waals surface area contributed by atoms with Crippen LogP contribution in [0.4, 0.5) is 0 Å². The first-order valence-electron chi connectivity index (χ1n) is 7.74. The summed E-state index contributed by atoms with van der Waals surface area (Å²) in [5.74, 6) is 0.0304. The Labute approximate surface area is 129 Å². The highest BCUT2D eigenvalue weighted by Crippen LogP contribution is 2.27. The summed E-state index contributed by atoms with van der Waals surface area (Å²) in [5, 5.41) is 16.0. The highest BCUT2D eigenvalue weighted by Gasteiger charge is 2.18. The zero-order valence-corrected chi connectivity index (χ0v) is 12.7. The van der Waals surface area contributed by atoms with Crippen LogP contribution in [0.1, 0.15) is 43.0 Å². The molecule has 0 aliphatic heterocycles. The summed E-state index contributed by atoms with van der Waals surface area (Å²) in [7, 11) is 0. The maximum absolute atomic E-state index is 12.5. The van der Waals surface area contributed by atoms with Crippen molar-refractivity contribution in [2.24, 2.45) is 11.0 Å². The first-order chi connectivity index (χ1) is 10.7. The first-order valence-corrected chi connectivity index (χ1v) is 7.74. The van der Waals surface area contributed by atoms with Crippen LogP contribution in [0.15, 0.2) is 41.5 Å². The van der Waals surface area contributed by atoms with Gasteiger partial charge in [0.2, 0.25) is 0 Å². The number of phenols is 1. The Morgan fingerprint density at radius 3 is 2.86 bits per heavy atom. The van der Waals surface area contributed by atoms with Crippen LogP contribution in [-0.4, -0.2) is 16.7 Å². The van der Waals surface area contributed by atoms with Gasteiger partial charge in [0.05, 0.1) is 5.56 Å². The Balaban J connectivity index is 1.89. The van der Waals surface area contributed by atoms with Crippen molar-refractivity contribution in [1.29, 1.82) is 0 Å². The summed E-state index contributed by atoms with van der Waals surface area (Å²) in [4.78, 5) is 12.5. The van der Waals surface area contributed by atoms with E-state index in [2.05, 4.69) is 17.5 Å². The Hall–Kier alpha value is -2.36. The van der Waals surface area contributed by atoms with Crippen LogP contribution >= 0.6 is 0 Å². The SMILES string of the molecule is C[C@@H]1CCCC/C1=N\NC(=O)c1c(O)ccc2ccccc12. The monoisotopic (exact) mass is 296 g/mol. The molecule has 22 heavy (non-hydrogen) atoms. The Bertz CT molecular complexity index is 737. The van der Waals surface area contributed by atoms with E-state index in [4.69, 9.17) is 0 Å². The van der Waals surface area contributed by atoms with Gasteiger partial charge < -0.3 is 5.11 Å². The molecule has 1 aliphatic rings. The molecule has 1 fully saturated rings. The molecule has 0 aromatic heterocycles. The van der Waals surface area contributed by atoms with Gasteiger partial charge in [-0.25, -0.2) is 5.43 Å². The van der Waals surface area contributed by atoms with Gasteiger partial charge in [-0.15, -0.1) is 0 Å². The van der Waals surface area contributed by atoms with Crippen molar-refractivity contribution < 1.29 is 9.90 Å². The molecular weight excluding hydrogens is 276 g/mol. The fourth-order valence-corrected chi connectivity index (χ4v) is 3.01. The number of hydrogen-bond donors (Lipinski definition) is 2. The molecule has 2 aromatic rings. The number of hydrogen-bond acceptors (Lipinski definition) is 3. The van der Waals surface area contributed by atoms with Crippen LogP contribution in [0.25, 0.3) is 10.8 Å². The van der Waals surface area contributed by atoms with Gasteiger partial charge in [0.25, 0.3) is 5.91 Å². The lowest BCUT2D eigenvalue weighted by atomic mass is 9.89. The molecular formula is C18H20N2O2. The third kappa shape index (κ3) is 2.82. The van der Waals surface area contributed by atoms with E-state index in [9.17, 15) is 9.90 Å². The van der Waals surface area contributed by atoms with Gasteiger partial charge in [-0.3, -0.25) is 4.79 Å². The minimum Gasteiger partial charge on any atom is -0.507 e. The fourth-order valence-electron chi connectivity index (χ4n) is 3.01. The molecule has 4 heteroatoms. The number of nitrogens with one attached hydrogen (secondary N) is 1. The molecule has 114 valence electrons. The molecule has 0 heterocycles. The summed E-state index contributed by atoms with van der Waals surface area (Å²) in [6.07, 6.45) is 4.40. The van der Waals surface area contributed by atoms with Crippen LogP contribution in [0.5, 0.6) is 5.75 Å². The van der Waals surface area contributed by atoms with Crippen molar-refractivity contribution in [2.45, 2.75) is 32.6 Å². The number of phenolic OH excluding ortho intramolecular Hbond substituents is 1. The fraction of sp³-hybridized carbons (Fsp3) is 0.333. The molecule has 1 saturated carbocycles. The second-order valence-corrected chi connectivity index (χ2v) is 5.87. The van der Waals surface area contributed by atoms with Gasteiger partial charge in [-0.05, 0) is 42.0 Å². The van der Waals surface area contributed by atoms with E-state index in [-0.39, 0.29) is 17.2 Å². The van der Waals surface area contributed by atoms with E-state index >= 15 is 0 Å². The zero-order chi connectivity index (χ0) is 15.5. The van der Waals surface area contributed by atoms with Crippen molar-refractivity contribution in [2.75, 3.05) is 0 Å². The van der Waals surface area contributed by atoms with E-state index in [1.165, 1.54) is 6.42 Å². The number of benzene rings is 2. The number of carbonyl (C=O) groups excluding carboxylic acids is 1. The van der Waals surface area contributed by atoms with Crippen molar-refractivity contribution in [3.8, 4) is 5.75 Å². The molecule has 2 N–H and O–H groups in total. The Morgan fingerprint density at radius 1 is 1.23 bits per heavy atom. The van der Waals surface area contributed by atoms with Gasteiger partial charge >= 0.3 is 0 Å². The third-order valence-corrected chi connectivity index (χ3v) is 4.32. The van der Waals surface area contributed by atoms with Gasteiger partial charge in [-0.2, -0.15) is 5.10 Å². The summed E-state index contributed by atoms with van der Waals surface area (Å²) >= 11 is 0. The third-order valence-electron chi connectivity index (χ3n) is 4.32. The van der Waals surface area contributed by atoms with Gasteiger partial charge in [0, 0.05) is 5.71 Å². The minimum atomic E-state index is -0.362. The number of carbonyl (C=O) groups is 1. The first kappa shape index (κ1) is 14.6. The summed E-state index contributed by atoms with van der Waals surface area (Å²) in [6.45, 7) is 2.14. The topological polar surface area (TPSA) is 61.7 Å². The van der Waals surface area contributed by atoms with E-state index < -0.39 is 0 Å². The molecule has 1 amide bonds. The zero-order valence-electron chi connectivity index (χ0n) is 12.7. The lowest BCUT2D eigenvalue weighted by molar-refractivity contribution is 0.0953. The van der Waals surface area contributed by atoms with Crippen LogP contribution in [-0.2, 0) is 0 Å². The smallest absolute Gasteiger partial charge is 0.275 e. The lowest BCUT2D eigenvalue weighted by Gasteiger charge is -2.19. The number of fused-ring (bicyclic) bond motifs is 1. The van der Waals surface area contributed by atoms with E-state index in [0.717, 1.165) is 35.7 Å². The average Bonchev–Trinajstić information content (AvgIpc) is 2.53. The van der Waals surface area contributed by atoms with Crippen LogP contribution < -0.4 is 5.43 Å². The van der Waals surface area contributed by atoms with Crippen LogP contribution in [0, 0.1) is 5.92 Å². The summed E-state index contributed by atoms with van der Waals surface area (Å²) in [6, 6.07) is 10.9. The van der Waals surface area contributed by atoms with E-state index in [0.29, 0.717) is 5.92 Å². The van der Waals surface area contributed by atoms with Crippen molar-refractivity contribution in [3.05, 3.63) is 42.0 Å². The molecule has 1 atom stereocenters. The van der Waals surface area contributed by atoms with Crippen molar-refractivity contribution in [3.63, 3.8) is 0 Å². The number of rotatable bonds is 2. The quantitative estimate of drug-likeness (QED) is 0.827. The average molecular weight is 296 g/mol. The maximum Gasteiger partial charge on any atom is 0.275 e. The second-order valence-electron chi connectivity index (χ2n) is 5.87. The van der Waals surface area contributed by atoms with Crippen molar-refractivity contribution >= 4 is 22.4 Å². The van der Waals surface area contributed by atoms with Crippen LogP contribution in [0.3, 0.4) is 0 Å². The molecule has 0 radical (unpaired) electrons. The maximum atomic E-state index is 12.5. The van der Waals surface area contributed by atoms with Crippen LogP contribution in [0.2, 0.25) is 0 Å². The summed E-state index contributed by atoms with van der Waals surface area (Å²) < 4.78 is 0. The standard InChI is InChI=1S/C18H20N2O2/c1-12-6-2-5-9-15(12)19-20-18(22)17-14-8-4-3-7-13(14)10-11-16(17)21/h3-4,7-8,10-12,21H,2,5-6,9H2,1H3,(H,20,22)/b19-15+/t12-/m1/s1. The molecule has 0 unspecified atom stereocenters. The summed E-state index contributed by atoms with van der Waals surface area (Å²) in [5.41, 5.74) is 3.95. The number of nitrogens with zero attached hydrogens (tertiary/aromatic N) is 1. The largest absolute Gasteiger partial charge is 0.507 e. The van der Waals surface area contributed by atoms with E-state index in [1.54, 1.807) is 12.1 Å². The van der Waals surface area contributed by atoms with Gasteiger partial charge in [-0.1, -0.05) is 43.7 Å².